The molecule has 1 aliphatic heterocycles. The lowest BCUT2D eigenvalue weighted by atomic mass is 10.2. The highest BCUT2D eigenvalue weighted by Gasteiger charge is 2.36. The number of benzene rings is 1. The molecule has 0 spiro atoms. The van der Waals surface area contributed by atoms with Gasteiger partial charge in [-0.1, -0.05) is 35.5 Å². The van der Waals surface area contributed by atoms with Gasteiger partial charge in [-0.2, -0.15) is 11.3 Å². The molecule has 7 nitrogen and oxygen atoms in total. The highest BCUT2D eigenvalue weighted by Crippen LogP contribution is 2.24. The molecular weight excluding hydrogens is 393 g/mol. The molecule has 3 heterocycles. The number of carbonyl (C=O) groups excluding carboxylic acids is 2. The van der Waals surface area contributed by atoms with Crippen LogP contribution in [0.5, 0.6) is 0 Å². The third kappa shape index (κ3) is 4.51. The van der Waals surface area contributed by atoms with Crippen molar-refractivity contribution in [2.24, 2.45) is 0 Å². The van der Waals surface area contributed by atoms with Crippen LogP contribution in [0.25, 0.3) is 0 Å². The fourth-order valence-electron chi connectivity index (χ4n) is 3.41. The predicted molar refractivity (Wildman–Crippen MR) is 106 cm³/mol. The van der Waals surface area contributed by atoms with Crippen LogP contribution in [0.4, 0.5) is 4.39 Å². The van der Waals surface area contributed by atoms with Gasteiger partial charge in [-0.3, -0.25) is 9.59 Å². The Labute approximate surface area is 171 Å². The van der Waals surface area contributed by atoms with E-state index in [1.807, 2.05) is 35.7 Å². The zero-order valence-corrected chi connectivity index (χ0v) is 16.4. The van der Waals surface area contributed by atoms with Crippen LogP contribution in [-0.4, -0.2) is 50.5 Å². The third-order valence-electron chi connectivity index (χ3n) is 4.86. The standard InChI is InChI=1S/C20H20FN5O2S/c21-16-8-17(26(10-16)20(28)15-6-7-29-13-15)11-25-12-18(23-24-25)19(27)22-9-14-4-2-1-3-5-14/h1-7,12-13,16-17H,8-11H2,(H,22,27)/t16-,17-/m0/s1. The third-order valence-corrected chi connectivity index (χ3v) is 5.54. The van der Waals surface area contributed by atoms with Gasteiger partial charge in [0, 0.05) is 18.3 Å². The van der Waals surface area contributed by atoms with Gasteiger partial charge in [0.2, 0.25) is 0 Å². The van der Waals surface area contributed by atoms with Crippen LogP contribution < -0.4 is 5.32 Å². The first-order valence-electron chi connectivity index (χ1n) is 9.29. The molecule has 1 fully saturated rings. The molecule has 29 heavy (non-hydrogen) atoms. The Morgan fingerprint density at radius 2 is 2.07 bits per heavy atom. The number of rotatable bonds is 6. The second-order valence-corrected chi connectivity index (χ2v) is 7.73. The average Bonchev–Trinajstić information content (AvgIpc) is 3.48. The van der Waals surface area contributed by atoms with Gasteiger partial charge in [-0.25, -0.2) is 9.07 Å². The first-order chi connectivity index (χ1) is 14.1. The maximum atomic E-state index is 14.0. The quantitative estimate of drug-likeness (QED) is 0.673. The maximum Gasteiger partial charge on any atom is 0.273 e. The Morgan fingerprint density at radius 3 is 2.83 bits per heavy atom. The van der Waals surface area contributed by atoms with Crippen molar-refractivity contribution in [3.05, 3.63) is 70.2 Å². The molecule has 1 aromatic carbocycles. The molecule has 0 unspecified atom stereocenters. The van der Waals surface area contributed by atoms with Crippen LogP contribution in [-0.2, 0) is 13.1 Å². The number of halogens is 1. The molecule has 1 saturated heterocycles. The Morgan fingerprint density at radius 1 is 1.24 bits per heavy atom. The van der Waals surface area contributed by atoms with E-state index < -0.39 is 6.17 Å². The van der Waals surface area contributed by atoms with Gasteiger partial charge in [0.1, 0.15) is 6.17 Å². The Kier molecular flexibility index (Phi) is 5.66. The van der Waals surface area contributed by atoms with Crippen LogP contribution in [0.2, 0.25) is 0 Å². The number of nitrogens with zero attached hydrogens (tertiary/aromatic N) is 4. The summed E-state index contributed by atoms with van der Waals surface area (Å²) in [7, 11) is 0. The summed E-state index contributed by atoms with van der Waals surface area (Å²) in [5.74, 6) is -0.515. The lowest BCUT2D eigenvalue weighted by Gasteiger charge is -2.23. The zero-order valence-electron chi connectivity index (χ0n) is 15.6. The largest absolute Gasteiger partial charge is 0.347 e. The molecule has 0 radical (unpaired) electrons. The smallest absolute Gasteiger partial charge is 0.273 e. The number of nitrogens with one attached hydrogen (secondary N) is 1. The summed E-state index contributed by atoms with van der Waals surface area (Å²) >= 11 is 1.43. The van der Waals surface area contributed by atoms with E-state index in [0.29, 0.717) is 12.1 Å². The Bertz CT molecular complexity index is 976. The van der Waals surface area contributed by atoms with Crippen molar-refractivity contribution in [2.45, 2.75) is 31.7 Å². The summed E-state index contributed by atoms with van der Waals surface area (Å²) in [4.78, 5) is 26.5. The average molecular weight is 413 g/mol. The number of thiophene rings is 1. The predicted octanol–water partition coefficient (Wildman–Crippen LogP) is 2.52. The van der Waals surface area contributed by atoms with Gasteiger partial charge in [-0.15, -0.1) is 5.10 Å². The monoisotopic (exact) mass is 413 g/mol. The van der Waals surface area contributed by atoms with Crippen molar-refractivity contribution in [3.63, 3.8) is 0 Å². The molecule has 0 saturated carbocycles. The SMILES string of the molecule is O=C(NCc1ccccc1)c1cn(C[C@@H]2C[C@H](F)CN2C(=O)c2ccsc2)nn1. The molecule has 0 bridgehead atoms. The van der Waals surface area contributed by atoms with Crippen molar-refractivity contribution in [1.29, 1.82) is 0 Å². The Balaban J connectivity index is 1.38. The normalized spacial score (nSPS) is 18.7. The molecule has 2 aromatic heterocycles. The molecule has 1 N–H and O–H groups in total. The van der Waals surface area contributed by atoms with Gasteiger partial charge in [0.05, 0.1) is 30.9 Å². The van der Waals surface area contributed by atoms with Crippen molar-refractivity contribution in [2.75, 3.05) is 6.54 Å². The van der Waals surface area contributed by atoms with E-state index in [2.05, 4.69) is 15.6 Å². The lowest BCUT2D eigenvalue weighted by molar-refractivity contribution is 0.0715. The van der Waals surface area contributed by atoms with Gasteiger partial charge in [0.15, 0.2) is 5.69 Å². The second-order valence-electron chi connectivity index (χ2n) is 6.95. The topological polar surface area (TPSA) is 80.1 Å². The first kappa shape index (κ1) is 19.3. The number of likely N-dealkylation sites (tertiary alicyclic amines) is 1. The molecule has 150 valence electrons. The van der Waals surface area contributed by atoms with Crippen LogP contribution in [0.3, 0.4) is 0 Å². The minimum absolute atomic E-state index is 0.0679. The highest BCUT2D eigenvalue weighted by atomic mass is 32.1. The molecule has 0 aliphatic carbocycles. The van der Waals surface area contributed by atoms with E-state index in [-0.39, 0.29) is 43.1 Å². The summed E-state index contributed by atoms with van der Waals surface area (Å²) in [6.45, 7) is 0.745. The summed E-state index contributed by atoms with van der Waals surface area (Å²) < 4.78 is 15.5. The van der Waals surface area contributed by atoms with Crippen molar-refractivity contribution in [3.8, 4) is 0 Å². The summed E-state index contributed by atoms with van der Waals surface area (Å²) in [5, 5.41) is 14.3. The molecule has 2 atom stereocenters. The summed E-state index contributed by atoms with van der Waals surface area (Å²) in [6, 6.07) is 11.0. The van der Waals surface area contributed by atoms with Gasteiger partial charge in [-0.05, 0) is 17.0 Å². The fourth-order valence-corrected chi connectivity index (χ4v) is 4.04. The summed E-state index contributed by atoms with van der Waals surface area (Å²) in [6.07, 6.45) is 0.699. The number of carbonyl (C=O) groups is 2. The molecule has 4 rings (SSSR count). The van der Waals surface area contributed by atoms with Gasteiger partial charge >= 0.3 is 0 Å². The number of aromatic nitrogens is 3. The van der Waals surface area contributed by atoms with Crippen molar-refractivity contribution in [1.82, 2.24) is 25.2 Å². The lowest BCUT2D eigenvalue weighted by Crippen LogP contribution is -2.38. The number of amides is 2. The van der Waals surface area contributed by atoms with Gasteiger partial charge in [0.25, 0.3) is 11.8 Å². The number of hydrogen-bond acceptors (Lipinski definition) is 5. The number of alkyl halides is 1. The van der Waals surface area contributed by atoms with Crippen molar-refractivity contribution >= 4 is 23.2 Å². The second kappa shape index (κ2) is 8.52. The van der Waals surface area contributed by atoms with Crippen LogP contribution in [0.1, 0.15) is 32.8 Å². The van der Waals surface area contributed by atoms with Crippen LogP contribution in [0, 0.1) is 0 Å². The van der Waals surface area contributed by atoms with E-state index in [1.165, 1.54) is 22.2 Å². The van der Waals surface area contributed by atoms with E-state index in [9.17, 15) is 14.0 Å². The van der Waals surface area contributed by atoms with Crippen LogP contribution in [0.15, 0.2) is 53.4 Å². The van der Waals surface area contributed by atoms with Crippen LogP contribution >= 0.6 is 11.3 Å². The summed E-state index contributed by atoms with van der Waals surface area (Å²) in [5.41, 5.74) is 1.73. The fraction of sp³-hybridized carbons (Fsp3) is 0.300. The Hall–Kier alpha value is -3.07. The van der Waals surface area contributed by atoms with Crippen molar-refractivity contribution < 1.29 is 14.0 Å². The minimum Gasteiger partial charge on any atom is -0.347 e. The maximum absolute atomic E-state index is 14.0. The molecule has 2 amide bonds. The van der Waals surface area contributed by atoms with E-state index >= 15 is 0 Å². The molecular formula is C20H20FN5O2S. The van der Waals surface area contributed by atoms with E-state index in [0.717, 1.165) is 5.56 Å². The highest BCUT2D eigenvalue weighted by molar-refractivity contribution is 7.08. The van der Waals surface area contributed by atoms with E-state index in [1.54, 1.807) is 16.3 Å². The first-order valence-corrected chi connectivity index (χ1v) is 10.2. The number of hydrogen-bond donors (Lipinski definition) is 1. The minimum atomic E-state index is -1.07. The molecule has 9 heteroatoms. The zero-order chi connectivity index (χ0) is 20.2. The molecule has 3 aromatic rings. The molecule has 1 aliphatic rings. The van der Waals surface area contributed by atoms with Gasteiger partial charge < -0.3 is 10.2 Å². The van der Waals surface area contributed by atoms with E-state index in [4.69, 9.17) is 0 Å².